The third-order valence-electron chi connectivity index (χ3n) is 2.63. The number of anilines is 1. The number of nitrogens with one attached hydrogen (secondary N) is 1. The van der Waals surface area contributed by atoms with Gasteiger partial charge in [0.15, 0.2) is 0 Å². The molecule has 1 heterocycles. The zero-order valence-electron chi connectivity index (χ0n) is 9.57. The van der Waals surface area contributed by atoms with Gasteiger partial charge in [-0.3, -0.25) is 5.10 Å². The maximum Gasteiger partial charge on any atom is 0.239 e. The molecule has 4 nitrogen and oxygen atoms in total. The van der Waals surface area contributed by atoms with E-state index in [2.05, 4.69) is 41.2 Å². The average molecular weight is 216 g/mol. The van der Waals surface area contributed by atoms with Crippen LogP contribution in [-0.2, 0) is 11.8 Å². The molecule has 0 aliphatic carbocycles. The summed E-state index contributed by atoms with van der Waals surface area (Å²) in [5, 5.41) is 6.75. The predicted octanol–water partition coefficient (Wildman–Crippen LogP) is 1.91. The number of benzene rings is 1. The van der Waals surface area contributed by atoms with Gasteiger partial charge in [-0.05, 0) is 12.0 Å². The lowest BCUT2D eigenvalue weighted by atomic mass is 9.85. The Morgan fingerprint density at radius 1 is 1.25 bits per heavy atom. The van der Waals surface area contributed by atoms with Gasteiger partial charge < -0.3 is 5.73 Å². The molecule has 0 bridgehead atoms. The predicted molar refractivity (Wildman–Crippen MR) is 64.0 cm³/mol. The molecule has 3 N–H and O–H groups in total. The number of hydrogen-bond acceptors (Lipinski definition) is 3. The molecule has 0 aliphatic heterocycles. The third-order valence-corrected chi connectivity index (χ3v) is 2.63. The Bertz CT molecular complexity index is 459. The van der Waals surface area contributed by atoms with Crippen LogP contribution in [0.25, 0.3) is 0 Å². The summed E-state index contributed by atoms with van der Waals surface area (Å²) < 4.78 is 0. The fourth-order valence-electron chi connectivity index (χ4n) is 1.77. The van der Waals surface area contributed by atoms with Crippen LogP contribution in [0, 0.1) is 0 Å². The molecule has 1 aromatic heterocycles. The van der Waals surface area contributed by atoms with E-state index in [0.717, 1.165) is 12.2 Å². The Hall–Kier alpha value is -1.84. The monoisotopic (exact) mass is 216 g/mol. The number of rotatable bonds is 3. The third kappa shape index (κ3) is 2.21. The molecule has 16 heavy (non-hydrogen) atoms. The van der Waals surface area contributed by atoms with E-state index in [1.54, 1.807) is 0 Å². The first-order chi connectivity index (χ1) is 7.58. The fraction of sp³-hybridized carbons (Fsp3) is 0.333. The number of nitrogens with zero attached hydrogens (tertiary/aromatic N) is 2. The maximum absolute atomic E-state index is 5.52. The lowest BCUT2D eigenvalue weighted by Crippen LogP contribution is -2.22. The van der Waals surface area contributed by atoms with Crippen molar-refractivity contribution in [1.82, 2.24) is 15.2 Å². The van der Waals surface area contributed by atoms with Crippen LogP contribution in [0.4, 0.5) is 5.95 Å². The molecule has 0 spiro atoms. The smallest absolute Gasteiger partial charge is 0.239 e. The number of nitrogen functional groups attached to an aromatic ring is 1. The average Bonchev–Trinajstić information content (AvgIpc) is 2.66. The van der Waals surface area contributed by atoms with E-state index in [9.17, 15) is 0 Å². The van der Waals surface area contributed by atoms with Crippen molar-refractivity contribution < 1.29 is 0 Å². The van der Waals surface area contributed by atoms with Crippen molar-refractivity contribution in [3.05, 3.63) is 41.7 Å². The summed E-state index contributed by atoms with van der Waals surface area (Å²) in [6, 6.07) is 10.3. The van der Waals surface area contributed by atoms with Crippen LogP contribution in [0.3, 0.4) is 0 Å². The molecule has 84 valence electrons. The van der Waals surface area contributed by atoms with Crippen LogP contribution in [-0.4, -0.2) is 15.2 Å². The Balaban J connectivity index is 2.20. The van der Waals surface area contributed by atoms with Crippen LogP contribution in [0.2, 0.25) is 0 Å². The highest BCUT2D eigenvalue weighted by atomic mass is 15.3. The van der Waals surface area contributed by atoms with Crippen molar-refractivity contribution in [1.29, 1.82) is 0 Å². The molecule has 0 saturated carbocycles. The van der Waals surface area contributed by atoms with Crippen LogP contribution in [0.15, 0.2) is 30.3 Å². The summed E-state index contributed by atoms with van der Waals surface area (Å²) in [6.45, 7) is 4.25. The molecule has 0 unspecified atom stereocenters. The van der Waals surface area contributed by atoms with Gasteiger partial charge >= 0.3 is 0 Å². The zero-order valence-corrected chi connectivity index (χ0v) is 9.57. The van der Waals surface area contributed by atoms with Crippen molar-refractivity contribution in [2.24, 2.45) is 0 Å². The molecule has 0 atom stereocenters. The molecular weight excluding hydrogens is 200 g/mol. The van der Waals surface area contributed by atoms with E-state index >= 15 is 0 Å². The molecule has 2 aromatic rings. The van der Waals surface area contributed by atoms with Crippen molar-refractivity contribution in [3.63, 3.8) is 0 Å². The van der Waals surface area contributed by atoms with Gasteiger partial charge in [0.2, 0.25) is 5.95 Å². The minimum Gasteiger partial charge on any atom is -0.367 e. The van der Waals surface area contributed by atoms with Crippen molar-refractivity contribution in [2.45, 2.75) is 25.7 Å². The first-order valence-corrected chi connectivity index (χ1v) is 5.30. The largest absolute Gasteiger partial charge is 0.367 e. The number of aromatic nitrogens is 3. The second-order valence-electron chi connectivity index (χ2n) is 4.59. The summed E-state index contributed by atoms with van der Waals surface area (Å²) >= 11 is 0. The summed E-state index contributed by atoms with van der Waals surface area (Å²) in [4.78, 5) is 4.19. The first-order valence-electron chi connectivity index (χ1n) is 5.30. The number of nitrogens with two attached hydrogens (primary N) is 1. The highest BCUT2D eigenvalue weighted by Gasteiger charge is 2.24. The minimum absolute atomic E-state index is 0.0913. The SMILES string of the molecule is CC(C)(Cc1ccccc1)c1nc(N)n[nH]1. The van der Waals surface area contributed by atoms with Crippen LogP contribution < -0.4 is 5.73 Å². The van der Waals surface area contributed by atoms with E-state index in [0.29, 0.717) is 5.95 Å². The van der Waals surface area contributed by atoms with Crippen LogP contribution in [0.1, 0.15) is 25.2 Å². The summed E-state index contributed by atoms with van der Waals surface area (Å²) in [5.74, 6) is 1.13. The molecule has 1 aromatic carbocycles. The Morgan fingerprint density at radius 3 is 2.50 bits per heavy atom. The standard InChI is InChI=1S/C12H16N4/c1-12(2,10-14-11(13)16-15-10)8-9-6-4-3-5-7-9/h3-7H,8H2,1-2H3,(H3,13,14,15,16). The highest BCUT2D eigenvalue weighted by Crippen LogP contribution is 2.24. The van der Waals surface area contributed by atoms with E-state index < -0.39 is 0 Å². The van der Waals surface area contributed by atoms with Gasteiger partial charge in [0, 0.05) is 5.41 Å². The molecule has 0 saturated heterocycles. The van der Waals surface area contributed by atoms with E-state index in [1.807, 2.05) is 18.2 Å². The van der Waals surface area contributed by atoms with Gasteiger partial charge in [-0.15, -0.1) is 5.10 Å². The topological polar surface area (TPSA) is 67.6 Å². The Morgan fingerprint density at radius 2 is 1.94 bits per heavy atom. The molecule has 4 heteroatoms. The summed E-state index contributed by atoms with van der Waals surface area (Å²) in [5.41, 5.74) is 6.70. The molecule has 2 rings (SSSR count). The zero-order chi connectivity index (χ0) is 11.6. The van der Waals surface area contributed by atoms with Gasteiger partial charge in [0.25, 0.3) is 0 Å². The first kappa shape index (κ1) is 10.7. The van der Waals surface area contributed by atoms with Crippen LogP contribution >= 0.6 is 0 Å². The molecule has 0 fully saturated rings. The van der Waals surface area contributed by atoms with Crippen molar-refractivity contribution in [3.8, 4) is 0 Å². The van der Waals surface area contributed by atoms with Gasteiger partial charge in [-0.1, -0.05) is 44.2 Å². The van der Waals surface area contributed by atoms with E-state index in [-0.39, 0.29) is 5.41 Å². The Labute approximate surface area is 94.9 Å². The van der Waals surface area contributed by atoms with Gasteiger partial charge in [0.1, 0.15) is 5.82 Å². The van der Waals surface area contributed by atoms with Crippen LogP contribution in [0.5, 0.6) is 0 Å². The minimum atomic E-state index is -0.0913. The summed E-state index contributed by atoms with van der Waals surface area (Å²) in [7, 11) is 0. The number of hydrogen-bond donors (Lipinski definition) is 2. The second kappa shape index (κ2) is 3.96. The van der Waals surface area contributed by atoms with Crippen molar-refractivity contribution >= 4 is 5.95 Å². The second-order valence-corrected chi connectivity index (χ2v) is 4.59. The fourth-order valence-corrected chi connectivity index (χ4v) is 1.77. The van der Waals surface area contributed by atoms with E-state index in [1.165, 1.54) is 5.56 Å². The molecule has 0 radical (unpaired) electrons. The van der Waals surface area contributed by atoms with Crippen molar-refractivity contribution in [2.75, 3.05) is 5.73 Å². The normalized spacial score (nSPS) is 11.6. The molecule has 0 amide bonds. The molecule has 0 aliphatic rings. The maximum atomic E-state index is 5.52. The van der Waals surface area contributed by atoms with E-state index in [4.69, 9.17) is 5.73 Å². The number of H-pyrrole nitrogens is 1. The quantitative estimate of drug-likeness (QED) is 0.823. The number of aromatic amines is 1. The lowest BCUT2D eigenvalue weighted by Gasteiger charge is -2.21. The Kier molecular flexibility index (Phi) is 2.64. The highest BCUT2D eigenvalue weighted by molar-refractivity contribution is 5.22. The van der Waals surface area contributed by atoms with Gasteiger partial charge in [-0.2, -0.15) is 4.98 Å². The van der Waals surface area contributed by atoms with Gasteiger partial charge in [-0.25, -0.2) is 0 Å². The summed E-state index contributed by atoms with van der Waals surface area (Å²) in [6.07, 6.45) is 0.905. The lowest BCUT2D eigenvalue weighted by molar-refractivity contribution is 0.489. The molecular formula is C12H16N4. The van der Waals surface area contributed by atoms with Gasteiger partial charge in [0.05, 0.1) is 0 Å².